The van der Waals surface area contributed by atoms with Gasteiger partial charge in [-0.2, -0.15) is 5.26 Å². The minimum Gasteiger partial charge on any atom is -0.312 e. The van der Waals surface area contributed by atoms with Crippen LogP contribution in [0.5, 0.6) is 0 Å². The minimum absolute atomic E-state index is 0.0827. The van der Waals surface area contributed by atoms with E-state index in [0.717, 1.165) is 9.80 Å². The highest BCUT2D eigenvalue weighted by atomic mass is 35.5. The molecule has 1 aliphatic carbocycles. The van der Waals surface area contributed by atoms with Crippen molar-refractivity contribution in [3.05, 3.63) is 28.3 Å². The summed E-state index contributed by atoms with van der Waals surface area (Å²) in [6, 6.07) is 4.09. The van der Waals surface area contributed by atoms with Crippen LogP contribution in [-0.2, 0) is 4.79 Å². The number of alkyl halides is 2. The Balaban J connectivity index is 2.09. The van der Waals surface area contributed by atoms with Gasteiger partial charge in [0.15, 0.2) is 0 Å². The van der Waals surface area contributed by atoms with Gasteiger partial charge in [-0.15, -0.1) is 0 Å². The van der Waals surface area contributed by atoms with Crippen molar-refractivity contribution in [2.45, 2.75) is 37.6 Å². The Hall–Kier alpha value is -2.20. The molecule has 1 atom stereocenters. The molecule has 5 nitrogen and oxygen atoms in total. The van der Waals surface area contributed by atoms with E-state index in [2.05, 4.69) is 0 Å². The van der Waals surface area contributed by atoms with Crippen LogP contribution in [0.2, 0.25) is 5.02 Å². The molecule has 2 aliphatic rings. The van der Waals surface area contributed by atoms with Gasteiger partial charge >= 0.3 is 6.03 Å². The van der Waals surface area contributed by atoms with Crippen LogP contribution in [0.1, 0.15) is 30.4 Å². The fraction of sp³-hybridized carbons (Fsp3) is 0.438. The molecule has 1 saturated heterocycles. The van der Waals surface area contributed by atoms with Crippen LogP contribution in [0.15, 0.2) is 12.1 Å². The van der Waals surface area contributed by atoms with Gasteiger partial charge < -0.3 is 4.90 Å². The third kappa shape index (κ3) is 2.09. The van der Waals surface area contributed by atoms with Crippen LogP contribution in [-0.4, -0.2) is 35.3 Å². The summed E-state index contributed by atoms with van der Waals surface area (Å²) < 4.78 is 27.4. The van der Waals surface area contributed by atoms with E-state index >= 15 is 0 Å². The maximum atomic E-state index is 13.7. The number of hydrogen-bond donors (Lipinski definition) is 0. The Morgan fingerprint density at radius 3 is 2.50 bits per heavy atom. The molecule has 0 N–H and O–H groups in total. The SMILES string of the molecule is Cc1c(N2C(=O)N(C)[C@]3(CCC(F)(F)C3)C2=O)ccc(C#N)c1Cl. The van der Waals surface area contributed by atoms with E-state index in [1.807, 2.05) is 6.07 Å². The maximum absolute atomic E-state index is 13.7. The molecule has 24 heavy (non-hydrogen) atoms. The molecular formula is C16H14ClF2N3O2. The molecule has 1 aliphatic heterocycles. The van der Waals surface area contributed by atoms with Crippen molar-refractivity contribution in [2.75, 3.05) is 11.9 Å². The van der Waals surface area contributed by atoms with Crippen LogP contribution in [0.25, 0.3) is 0 Å². The third-order valence-corrected chi connectivity index (χ3v) is 5.38. The van der Waals surface area contributed by atoms with E-state index in [1.165, 1.54) is 19.2 Å². The molecule has 1 spiro atoms. The number of likely N-dealkylation sites (N-methyl/N-ethyl adjacent to an activating group) is 1. The number of urea groups is 1. The summed E-state index contributed by atoms with van der Waals surface area (Å²) in [6.07, 6.45) is -1.20. The van der Waals surface area contributed by atoms with Crippen LogP contribution < -0.4 is 4.90 Å². The first kappa shape index (κ1) is 16.7. The fourth-order valence-corrected chi connectivity index (χ4v) is 3.65. The molecule has 8 heteroatoms. The van der Waals surface area contributed by atoms with Gasteiger partial charge in [0.05, 0.1) is 16.3 Å². The highest BCUT2D eigenvalue weighted by molar-refractivity contribution is 6.33. The average molecular weight is 354 g/mol. The van der Waals surface area contributed by atoms with E-state index in [0.29, 0.717) is 5.56 Å². The van der Waals surface area contributed by atoms with Gasteiger partial charge in [-0.05, 0) is 31.0 Å². The van der Waals surface area contributed by atoms with Crippen molar-refractivity contribution in [3.63, 3.8) is 0 Å². The van der Waals surface area contributed by atoms with Crippen molar-refractivity contribution >= 4 is 29.2 Å². The molecular weight excluding hydrogens is 340 g/mol. The predicted octanol–water partition coefficient (Wildman–Crippen LogP) is 3.48. The van der Waals surface area contributed by atoms with Gasteiger partial charge in [-0.1, -0.05) is 11.6 Å². The van der Waals surface area contributed by atoms with Crippen LogP contribution in [0, 0.1) is 18.3 Å². The highest BCUT2D eigenvalue weighted by Crippen LogP contribution is 2.49. The second-order valence-electron chi connectivity index (χ2n) is 6.23. The Kier molecular flexibility index (Phi) is 3.57. The van der Waals surface area contributed by atoms with Gasteiger partial charge in [0, 0.05) is 19.9 Å². The summed E-state index contributed by atoms with van der Waals surface area (Å²) in [4.78, 5) is 27.5. The number of anilines is 1. The number of rotatable bonds is 1. The molecule has 126 valence electrons. The van der Waals surface area contributed by atoms with E-state index in [4.69, 9.17) is 16.9 Å². The first-order chi connectivity index (χ1) is 11.1. The summed E-state index contributed by atoms with van der Waals surface area (Å²) in [5.74, 6) is -3.64. The molecule has 1 aromatic carbocycles. The van der Waals surface area contributed by atoms with Gasteiger partial charge in [-0.3, -0.25) is 4.79 Å². The van der Waals surface area contributed by atoms with E-state index < -0.39 is 36.2 Å². The molecule has 0 bridgehead atoms. The van der Waals surface area contributed by atoms with Gasteiger partial charge in [-0.25, -0.2) is 18.5 Å². The van der Waals surface area contributed by atoms with E-state index in [9.17, 15) is 18.4 Å². The number of carbonyl (C=O) groups is 2. The van der Waals surface area contributed by atoms with E-state index in [1.54, 1.807) is 6.92 Å². The lowest BCUT2D eigenvalue weighted by Gasteiger charge is -2.27. The molecule has 3 rings (SSSR count). The number of halogens is 3. The zero-order valence-corrected chi connectivity index (χ0v) is 13.8. The molecule has 0 aromatic heterocycles. The quantitative estimate of drug-likeness (QED) is 0.726. The van der Waals surface area contributed by atoms with Gasteiger partial charge in [0.25, 0.3) is 11.8 Å². The summed E-state index contributed by atoms with van der Waals surface area (Å²) in [5, 5.41) is 9.13. The monoisotopic (exact) mass is 353 g/mol. The maximum Gasteiger partial charge on any atom is 0.332 e. The molecule has 3 amide bonds. The van der Waals surface area contributed by atoms with Crippen molar-refractivity contribution in [2.24, 2.45) is 0 Å². The van der Waals surface area contributed by atoms with Crippen LogP contribution in [0.4, 0.5) is 19.3 Å². The fourth-order valence-electron chi connectivity index (χ4n) is 3.45. The summed E-state index contributed by atoms with van der Waals surface area (Å²) in [5.41, 5.74) is -0.707. The number of nitriles is 1. The van der Waals surface area contributed by atoms with Crippen molar-refractivity contribution in [1.29, 1.82) is 5.26 Å². The standard InChI is InChI=1S/C16H14ClF2N3O2/c1-9-11(4-3-10(7-20)12(9)17)22-13(23)15(21(2)14(22)24)5-6-16(18,19)8-15/h3-4H,5-6,8H2,1-2H3/t15-/m0/s1. The average Bonchev–Trinajstić information content (AvgIpc) is 2.95. The van der Waals surface area contributed by atoms with Crippen molar-refractivity contribution in [1.82, 2.24) is 4.90 Å². The number of benzene rings is 1. The lowest BCUT2D eigenvalue weighted by atomic mass is 9.95. The molecule has 0 unspecified atom stereocenters. The van der Waals surface area contributed by atoms with Gasteiger partial charge in [0.1, 0.15) is 11.6 Å². The third-order valence-electron chi connectivity index (χ3n) is 4.90. The minimum atomic E-state index is -2.97. The lowest BCUT2D eigenvalue weighted by Crippen LogP contribution is -2.46. The zero-order chi connectivity index (χ0) is 17.9. The normalized spacial score (nSPS) is 25.7. The van der Waals surface area contributed by atoms with E-state index in [-0.39, 0.29) is 22.7 Å². The Bertz CT molecular complexity index is 805. The molecule has 1 aromatic rings. The number of carbonyl (C=O) groups excluding carboxylic acids is 2. The lowest BCUT2D eigenvalue weighted by molar-refractivity contribution is -0.125. The zero-order valence-electron chi connectivity index (χ0n) is 13.1. The first-order valence-electron chi connectivity index (χ1n) is 7.34. The smallest absolute Gasteiger partial charge is 0.312 e. The highest BCUT2D eigenvalue weighted by Gasteiger charge is 2.64. The second-order valence-corrected chi connectivity index (χ2v) is 6.61. The first-order valence-corrected chi connectivity index (χ1v) is 7.72. The van der Waals surface area contributed by atoms with Crippen LogP contribution in [0.3, 0.4) is 0 Å². The summed E-state index contributed by atoms with van der Waals surface area (Å²) >= 11 is 6.10. The van der Waals surface area contributed by atoms with Crippen molar-refractivity contribution < 1.29 is 18.4 Å². The topological polar surface area (TPSA) is 64.4 Å². The van der Waals surface area contributed by atoms with Gasteiger partial charge in [0.2, 0.25) is 0 Å². The summed E-state index contributed by atoms with van der Waals surface area (Å²) in [7, 11) is 1.36. The second kappa shape index (κ2) is 5.15. The Morgan fingerprint density at radius 1 is 1.29 bits per heavy atom. The Morgan fingerprint density at radius 2 is 1.96 bits per heavy atom. The Labute approximate surface area is 142 Å². The number of nitrogens with zero attached hydrogens (tertiary/aromatic N) is 3. The molecule has 0 radical (unpaired) electrons. The van der Waals surface area contributed by atoms with Crippen molar-refractivity contribution in [3.8, 4) is 6.07 Å². The number of imide groups is 1. The summed E-state index contributed by atoms with van der Waals surface area (Å²) in [6.45, 7) is 1.58. The molecule has 1 heterocycles. The van der Waals surface area contributed by atoms with Crippen LogP contribution >= 0.6 is 11.6 Å². The molecule has 2 fully saturated rings. The predicted molar refractivity (Wildman–Crippen MR) is 83.1 cm³/mol. The number of amides is 3. The molecule has 1 saturated carbocycles. The largest absolute Gasteiger partial charge is 0.332 e. The number of hydrogen-bond acceptors (Lipinski definition) is 3.